The van der Waals surface area contributed by atoms with Gasteiger partial charge in [-0.05, 0) is 29.8 Å². The van der Waals surface area contributed by atoms with E-state index in [0.29, 0.717) is 22.8 Å². The van der Waals surface area contributed by atoms with Gasteiger partial charge in [-0.25, -0.2) is 4.79 Å². The van der Waals surface area contributed by atoms with Gasteiger partial charge in [-0.2, -0.15) is 18.2 Å². The van der Waals surface area contributed by atoms with E-state index in [-0.39, 0.29) is 5.69 Å². The molecule has 2 aromatic rings. The Labute approximate surface area is 140 Å². The third-order valence-electron chi connectivity index (χ3n) is 3.20. The van der Waals surface area contributed by atoms with Gasteiger partial charge < -0.3 is 19.2 Å². The average Bonchev–Trinajstić information content (AvgIpc) is 2.57. The molecule has 0 bridgehead atoms. The van der Waals surface area contributed by atoms with Crippen molar-refractivity contribution in [2.75, 3.05) is 21.3 Å². The van der Waals surface area contributed by atoms with Crippen molar-refractivity contribution in [2.24, 2.45) is 0 Å². The molecule has 0 atom stereocenters. The molecule has 0 spiro atoms. The van der Waals surface area contributed by atoms with Gasteiger partial charge in [-0.1, -0.05) is 6.08 Å². The molecule has 0 saturated heterocycles. The average molecular weight is 356 g/mol. The van der Waals surface area contributed by atoms with Gasteiger partial charge in [-0.3, -0.25) is 0 Å². The second-order valence-electron chi connectivity index (χ2n) is 4.82. The van der Waals surface area contributed by atoms with Crippen LogP contribution in [0.4, 0.5) is 13.2 Å². The molecule has 1 N–H and O–H groups in total. The number of nitrogens with one attached hydrogen (secondary N) is 1. The minimum absolute atomic E-state index is 0.0407. The van der Waals surface area contributed by atoms with Crippen molar-refractivity contribution in [1.29, 1.82) is 0 Å². The van der Waals surface area contributed by atoms with Crippen LogP contribution in [0.2, 0.25) is 0 Å². The number of methoxy groups -OCH3 is 3. The summed E-state index contributed by atoms with van der Waals surface area (Å²) in [6.45, 7) is 0. The highest BCUT2D eigenvalue weighted by Gasteiger charge is 2.33. The quantitative estimate of drug-likeness (QED) is 0.892. The lowest BCUT2D eigenvalue weighted by Gasteiger charge is -2.12. The van der Waals surface area contributed by atoms with Crippen LogP contribution >= 0.6 is 0 Å². The van der Waals surface area contributed by atoms with Crippen molar-refractivity contribution >= 4 is 12.2 Å². The number of alkyl halides is 3. The lowest BCUT2D eigenvalue weighted by molar-refractivity contribution is -0.141. The van der Waals surface area contributed by atoms with Crippen LogP contribution in [0.25, 0.3) is 12.2 Å². The Morgan fingerprint density at radius 1 is 1.00 bits per heavy atom. The fourth-order valence-electron chi connectivity index (χ4n) is 2.10. The van der Waals surface area contributed by atoms with Crippen molar-refractivity contribution in [3.05, 3.63) is 45.6 Å². The van der Waals surface area contributed by atoms with Gasteiger partial charge in [0.1, 0.15) is 0 Å². The summed E-state index contributed by atoms with van der Waals surface area (Å²) in [6, 6.07) is 3.97. The molecular formula is C16H15F3N2O4. The van der Waals surface area contributed by atoms with E-state index >= 15 is 0 Å². The Morgan fingerprint density at radius 3 is 2.08 bits per heavy atom. The molecule has 0 aliphatic carbocycles. The molecule has 0 saturated carbocycles. The third kappa shape index (κ3) is 4.31. The van der Waals surface area contributed by atoms with Crippen molar-refractivity contribution in [2.45, 2.75) is 6.18 Å². The first-order valence-electron chi connectivity index (χ1n) is 6.95. The minimum atomic E-state index is -4.70. The van der Waals surface area contributed by atoms with Crippen LogP contribution in [0.15, 0.2) is 23.0 Å². The summed E-state index contributed by atoms with van der Waals surface area (Å²) >= 11 is 0. The lowest BCUT2D eigenvalue weighted by Crippen LogP contribution is -2.19. The number of rotatable bonds is 5. The molecule has 134 valence electrons. The van der Waals surface area contributed by atoms with Crippen LogP contribution in [-0.4, -0.2) is 31.3 Å². The SMILES string of the molecule is COc1cc(C=Cc2cc(C(F)(F)F)nc(=O)[nH]2)cc(OC)c1OC. The molecule has 0 aliphatic heterocycles. The van der Waals surface area contributed by atoms with Gasteiger partial charge in [0.2, 0.25) is 5.75 Å². The molecule has 0 aliphatic rings. The van der Waals surface area contributed by atoms with Crippen molar-refractivity contribution in [3.63, 3.8) is 0 Å². The maximum absolute atomic E-state index is 12.7. The number of hydrogen-bond donors (Lipinski definition) is 1. The maximum Gasteiger partial charge on any atom is 0.433 e. The Hall–Kier alpha value is -2.97. The van der Waals surface area contributed by atoms with E-state index in [1.807, 2.05) is 0 Å². The normalized spacial score (nSPS) is 11.6. The predicted molar refractivity (Wildman–Crippen MR) is 84.9 cm³/mol. The summed E-state index contributed by atoms with van der Waals surface area (Å²) in [6.07, 6.45) is -1.89. The Kier molecular flexibility index (Phi) is 5.35. The van der Waals surface area contributed by atoms with Crippen LogP contribution in [-0.2, 0) is 6.18 Å². The molecule has 1 aromatic heterocycles. The van der Waals surface area contributed by atoms with E-state index in [9.17, 15) is 18.0 Å². The molecule has 25 heavy (non-hydrogen) atoms. The molecule has 1 aromatic carbocycles. The number of aromatic amines is 1. The highest BCUT2D eigenvalue weighted by Crippen LogP contribution is 2.38. The first kappa shape index (κ1) is 18.4. The van der Waals surface area contributed by atoms with E-state index in [2.05, 4.69) is 9.97 Å². The van der Waals surface area contributed by atoms with E-state index < -0.39 is 17.6 Å². The van der Waals surface area contributed by atoms with Crippen molar-refractivity contribution < 1.29 is 27.4 Å². The zero-order valence-corrected chi connectivity index (χ0v) is 13.6. The zero-order chi connectivity index (χ0) is 18.6. The monoisotopic (exact) mass is 356 g/mol. The van der Waals surface area contributed by atoms with Crippen LogP contribution in [0.1, 0.15) is 17.0 Å². The van der Waals surface area contributed by atoms with Crippen LogP contribution < -0.4 is 19.9 Å². The number of benzene rings is 1. The summed E-state index contributed by atoms with van der Waals surface area (Å²) in [5.41, 5.74) is -1.82. The van der Waals surface area contributed by atoms with Crippen molar-refractivity contribution in [1.82, 2.24) is 9.97 Å². The molecule has 9 heteroatoms. The predicted octanol–water partition coefficient (Wildman–Crippen LogP) is 2.98. The topological polar surface area (TPSA) is 73.4 Å². The molecule has 0 unspecified atom stereocenters. The minimum Gasteiger partial charge on any atom is -0.493 e. The van der Waals surface area contributed by atoms with Crippen molar-refractivity contribution in [3.8, 4) is 17.2 Å². The fraction of sp³-hybridized carbons (Fsp3) is 0.250. The molecule has 6 nitrogen and oxygen atoms in total. The Morgan fingerprint density at radius 2 is 1.60 bits per heavy atom. The van der Waals surface area contributed by atoms with Gasteiger partial charge in [0, 0.05) is 5.69 Å². The number of aromatic nitrogens is 2. The van der Waals surface area contributed by atoms with E-state index in [0.717, 1.165) is 6.07 Å². The van der Waals surface area contributed by atoms with E-state index in [1.165, 1.54) is 33.5 Å². The second kappa shape index (κ2) is 7.29. The highest BCUT2D eigenvalue weighted by molar-refractivity contribution is 5.71. The van der Waals surface area contributed by atoms with Gasteiger partial charge in [-0.15, -0.1) is 0 Å². The molecule has 1 heterocycles. The van der Waals surface area contributed by atoms with Gasteiger partial charge >= 0.3 is 11.9 Å². The molecule has 0 amide bonds. The third-order valence-corrected chi connectivity index (χ3v) is 3.20. The van der Waals surface area contributed by atoms with Gasteiger partial charge in [0.15, 0.2) is 17.2 Å². The summed E-state index contributed by atoms with van der Waals surface area (Å²) in [7, 11) is 4.34. The standard InChI is InChI=1S/C16H15F3N2O4/c1-23-11-6-9(7-12(24-2)14(11)25-3)4-5-10-8-13(16(17,18)19)21-15(22)20-10/h4-8H,1-3H3,(H,20,21,22). The van der Waals surface area contributed by atoms with Gasteiger partial charge in [0.05, 0.1) is 21.3 Å². The number of hydrogen-bond acceptors (Lipinski definition) is 5. The summed E-state index contributed by atoms with van der Waals surface area (Å²) in [4.78, 5) is 16.4. The second-order valence-corrected chi connectivity index (χ2v) is 4.82. The number of halogens is 3. The molecule has 2 rings (SSSR count). The summed E-state index contributed by atoms with van der Waals surface area (Å²) in [5, 5.41) is 0. The van der Waals surface area contributed by atoms with Crippen LogP contribution in [0.5, 0.6) is 17.2 Å². The first-order valence-corrected chi connectivity index (χ1v) is 6.95. The van der Waals surface area contributed by atoms with E-state index in [4.69, 9.17) is 14.2 Å². The van der Waals surface area contributed by atoms with Gasteiger partial charge in [0.25, 0.3) is 0 Å². The zero-order valence-electron chi connectivity index (χ0n) is 13.6. The van der Waals surface area contributed by atoms with Crippen LogP contribution in [0, 0.1) is 0 Å². The largest absolute Gasteiger partial charge is 0.493 e. The number of H-pyrrole nitrogens is 1. The summed E-state index contributed by atoms with van der Waals surface area (Å²) in [5.74, 6) is 1.17. The molecule has 0 radical (unpaired) electrons. The van der Waals surface area contributed by atoms with Crippen LogP contribution in [0.3, 0.4) is 0 Å². The highest BCUT2D eigenvalue weighted by atomic mass is 19.4. The maximum atomic E-state index is 12.7. The van der Waals surface area contributed by atoms with E-state index in [1.54, 1.807) is 12.1 Å². The molecule has 0 fully saturated rings. The lowest BCUT2D eigenvalue weighted by atomic mass is 10.1. The molecular weight excluding hydrogens is 341 g/mol. The Balaban J connectivity index is 2.43. The summed E-state index contributed by atoms with van der Waals surface area (Å²) < 4.78 is 53.7. The fourth-order valence-corrected chi connectivity index (χ4v) is 2.10. The number of ether oxygens (including phenoxy) is 3. The number of nitrogens with zero attached hydrogens (tertiary/aromatic N) is 1. The smallest absolute Gasteiger partial charge is 0.433 e. The Bertz CT molecular complexity index is 819. The first-order chi connectivity index (χ1) is 11.8.